The molecule has 0 saturated heterocycles. The molecule has 11 nitrogen and oxygen atoms in total. The molecule has 0 aliphatic heterocycles. The maximum Gasteiger partial charge on any atom is 0.399 e. The highest BCUT2D eigenvalue weighted by Crippen LogP contribution is 2.59. The van der Waals surface area contributed by atoms with E-state index in [2.05, 4.69) is 10.3 Å². The van der Waals surface area contributed by atoms with Crippen molar-refractivity contribution in [3.8, 4) is 16.9 Å². The molecule has 6 rings (SSSR count). The maximum absolute atomic E-state index is 14.7. The van der Waals surface area contributed by atoms with Gasteiger partial charge >= 0.3 is 25.2 Å². The van der Waals surface area contributed by atoms with Crippen LogP contribution in [0.25, 0.3) is 22.2 Å². The highest BCUT2D eigenvalue weighted by molar-refractivity contribution is 7.52. The number of halogens is 2. The molecule has 0 aliphatic rings. The van der Waals surface area contributed by atoms with Crippen LogP contribution in [0.4, 0.5) is 8.78 Å². The monoisotopic (exact) mass is 741 g/mol. The zero-order chi connectivity index (χ0) is 38.0. The van der Waals surface area contributed by atoms with Crippen molar-refractivity contribution < 1.29 is 47.3 Å². The van der Waals surface area contributed by atoms with Crippen LogP contribution in [-0.2, 0) is 38.3 Å². The third-order valence-corrected chi connectivity index (χ3v) is 9.65. The van der Waals surface area contributed by atoms with Gasteiger partial charge in [-0.2, -0.15) is 8.78 Å². The third-order valence-electron chi connectivity index (χ3n) is 8.66. The number of alkyl halides is 2. The van der Waals surface area contributed by atoms with Crippen molar-refractivity contribution >= 4 is 30.6 Å². The molecule has 0 fully saturated rings. The van der Waals surface area contributed by atoms with E-state index < -0.39 is 36.3 Å². The van der Waals surface area contributed by atoms with E-state index in [-0.39, 0.29) is 24.7 Å². The Morgan fingerprint density at radius 1 is 0.830 bits per heavy atom. The molecule has 0 bridgehead atoms. The number of carboxylic acid groups (broad SMARTS) is 1. The molecule has 0 radical (unpaired) electrons. The summed E-state index contributed by atoms with van der Waals surface area (Å²) in [6.45, 7) is 3.53. The summed E-state index contributed by atoms with van der Waals surface area (Å²) in [6.07, 6.45) is -0.289. The predicted molar refractivity (Wildman–Crippen MR) is 192 cm³/mol. The van der Waals surface area contributed by atoms with E-state index in [1.807, 2.05) is 13.8 Å². The van der Waals surface area contributed by atoms with Gasteiger partial charge in [-0.3, -0.25) is 4.57 Å². The van der Waals surface area contributed by atoms with E-state index in [1.54, 1.807) is 91.0 Å². The maximum atomic E-state index is 14.7. The molecule has 0 spiro atoms. The fraction of sp³-hybridized carbons (Fsp3) is 0.179. The largest absolute Gasteiger partial charge is 0.491 e. The fourth-order valence-corrected chi connectivity index (χ4v) is 6.56. The highest BCUT2D eigenvalue weighted by atomic mass is 31.2. The molecule has 5 aromatic carbocycles. The summed E-state index contributed by atoms with van der Waals surface area (Å²) in [4.78, 5) is 45.2. The van der Waals surface area contributed by atoms with E-state index in [1.165, 1.54) is 22.9 Å². The van der Waals surface area contributed by atoms with Gasteiger partial charge in [0.15, 0.2) is 5.54 Å². The standard InChI is InChI=1S/C39H34F2N3O8P/c1-25(2)52-31-20-21-32(36(45)46)33(22-31)28-16-12-27(13-17-28)24-51-37(47)38(29-8-4-3-5-9-29,44-35-11-7-6-10-34(35)42-43-44)23-26-14-18-30(19-15-26)39(40,41)53(48,49)50/h3-22,25H,23-24H2,1-2H3,(H,45,46)(H2,48,49,50). The van der Waals surface area contributed by atoms with Crippen LogP contribution in [-0.4, -0.2) is 47.9 Å². The minimum absolute atomic E-state index is 0.0893. The molecule has 0 saturated carbocycles. The Hall–Kier alpha value is -5.75. The topological polar surface area (TPSA) is 161 Å². The molecular formula is C39H34F2N3O8P. The van der Waals surface area contributed by atoms with Crippen LogP contribution in [0.1, 0.15) is 46.5 Å². The van der Waals surface area contributed by atoms with E-state index >= 15 is 0 Å². The molecule has 53 heavy (non-hydrogen) atoms. The summed E-state index contributed by atoms with van der Waals surface area (Å²) < 4.78 is 53.8. The number of carbonyl (C=O) groups excluding carboxylic acids is 1. The minimum atomic E-state index is -5.81. The number of nitrogens with zero attached hydrogens (tertiary/aromatic N) is 3. The average Bonchev–Trinajstić information content (AvgIpc) is 3.57. The summed E-state index contributed by atoms with van der Waals surface area (Å²) in [5, 5.41) is 18.5. The lowest BCUT2D eigenvalue weighted by Gasteiger charge is -2.33. The quantitative estimate of drug-likeness (QED) is 0.0797. The Kier molecular flexibility index (Phi) is 10.3. The van der Waals surface area contributed by atoms with E-state index in [9.17, 15) is 37.8 Å². The Morgan fingerprint density at radius 3 is 2.11 bits per heavy atom. The zero-order valence-electron chi connectivity index (χ0n) is 28.5. The van der Waals surface area contributed by atoms with E-state index in [0.717, 1.165) is 12.1 Å². The smallest absolute Gasteiger partial charge is 0.399 e. The molecule has 0 amide bonds. The van der Waals surface area contributed by atoms with Gasteiger partial charge in [0.05, 0.1) is 17.2 Å². The van der Waals surface area contributed by atoms with Crippen molar-refractivity contribution in [1.29, 1.82) is 0 Å². The van der Waals surface area contributed by atoms with Crippen molar-refractivity contribution in [2.75, 3.05) is 0 Å². The molecule has 272 valence electrons. The third kappa shape index (κ3) is 7.45. The number of rotatable bonds is 13. The van der Waals surface area contributed by atoms with Crippen LogP contribution in [0.2, 0.25) is 0 Å². The summed E-state index contributed by atoms with van der Waals surface area (Å²) in [7, 11) is -5.81. The molecule has 14 heteroatoms. The molecule has 3 N–H and O–H groups in total. The molecular weight excluding hydrogens is 707 g/mol. The van der Waals surface area contributed by atoms with Gasteiger partial charge < -0.3 is 24.4 Å². The minimum Gasteiger partial charge on any atom is -0.491 e. The van der Waals surface area contributed by atoms with E-state index in [0.29, 0.717) is 44.6 Å². The zero-order valence-corrected chi connectivity index (χ0v) is 29.4. The van der Waals surface area contributed by atoms with Crippen molar-refractivity contribution in [1.82, 2.24) is 15.0 Å². The Labute approximate surface area is 302 Å². The highest BCUT2D eigenvalue weighted by Gasteiger charge is 2.51. The average molecular weight is 742 g/mol. The lowest BCUT2D eigenvalue weighted by atomic mass is 9.83. The van der Waals surface area contributed by atoms with Crippen LogP contribution in [0.5, 0.6) is 5.75 Å². The number of aromatic nitrogens is 3. The first-order valence-corrected chi connectivity index (χ1v) is 18.0. The number of para-hydroxylation sites is 1. The van der Waals surface area contributed by atoms with Gasteiger partial charge in [0, 0.05) is 12.0 Å². The van der Waals surface area contributed by atoms with E-state index in [4.69, 9.17) is 9.47 Å². The van der Waals surface area contributed by atoms with Gasteiger partial charge in [-0.25, -0.2) is 14.3 Å². The van der Waals surface area contributed by atoms with Gasteiger partial charge in [-0.15, -0.1) is 5.10 Å². The van der Waals surface area contributed by atoms with Gasteiger partial charge in [0.1, 0.15) is 17.9 Å². The number of carbonyl (C=O) groups is 2. The summed E-state index contributed by atoms with van der Waals surface area (Å²) in [5.41, 5.74) is -3.53. The number of hydrogen-bond donors (Lipinski definition) is 3. The van der Waals surface area contributed by atoms with Crippen LogP contribution in [0.15, 0.2) is 121 Å². The number of ether oxygens (including phenoxy) is 2. The SMILES string of the molecule is CC(C)Oc1ccc(C(=O)O)c(-c2ccc(COC(=O)C(Cc3ccc(C(F)(F)P(=O)(O)O)cc3)(c3ccccc3)n3nnc4ccccc43)cc2)c1. The molecule has 1 unspecified atom stereocenters. The second kappa shape index (κ2) is 14.7. The first-order valence-electron chi connectivity index (χ1n) is 16.4. The molecule has 0 aliphatic carbocycles. The molecule has 1 atom stereocenters. The molecule has 1 aromatic heterocycles. The number of esters is 1. The summed E-state index contributed by atoms with van der Waals surface area (Å²) in [6, 6.07) is 31.6. The van der Waals surface area contributed by atoms with Gasteiger partial charge in [-0.05, 0) is 72.0 Å². The lowest BCUT2D eigenvalue weighted by Crippen LogP contribution is -2.47. The normalized spacial score (nSPS) is 13.1. The van der Waals surface area contributed by atoms with Crippen molar-refractivity contribution in [2.24, 2.45) is 0 Å². The number of carboxylic acids is 1. The number of benzene rings is 5. The first kappa shape index (κ1) is 37.0. The summed E-state index contributed by atoms with van der Waals surface area (Å²) in [5.74, 6) is -1.34. The lowest BCUT2D eigenvalue weighted by molar-refractivity contribution is -0.154. The number of hydrogen-bond acceptors (Lipinski definition) is 7. The van der Waals surface area contributed by atoms with Crippen LogP contribution < -0.4 is 4.74 Å². The fourth-order valence-electron chi connectivity index (χ4n) is 6.07. The second-order valence-corrected chi connectivity index (χ2v) is 14.3. The predicted octanol–water partition coefficient (Wildman–Crippen LogP) is 7.54. The molecule has 1 heterocycles. The van der Waals surface area contributed by atoms with Gasteiger partial charge in [0.2, 0.25) is 0 Å². The van der Waals surface area contributed by atoms with Gasteiger partial charge in [0.25, 0.3) is 0 Å². The Bertz CT molecular complexity index is 2310. The van der Waals surface area contributed by atoms with Crippen molar-refractivity contribution in [3.63, 3.8) is 0 Å². The van der Waals surface area contributed by atoms with Crippen molar-refractivity contribution in [2.45, 2.75) is 44.2 Å². The Balaban J connectivity index is 1.37. The molecule has 6 aromatic rings. The second-order valence-electron chi connectivity index (χ2n) is 12.6. The number of fused-ring (bicyclic) bond motifs is 1. The van der Waals surface area contributed by atoms with Crippen LogP contribution in [0, 0.1) is 0 Å². The Morgan fingerprint density at radius 2 is 1.47 bits per heavy atom. The van der Waals surface area contributed by atoms with Crippen molar-refractivity contribution in [3.05, 3.63) is 149 Å². The van der Waals surface area contributed by atoms with Crippen LogP contribution >= 0.6 is 7.60 Å². The number of aromatic carboxylic acids is 1. The van der Waals surface area contributed by atoms with Gasteiger partial charge in [-0.1, -0.05) is 96.2 Å². The summed E-state index contributed by atoms with van der Waals surface area (Å²) >= 11 is 0. The first-order chi connectivity index (χ1) is 25.2. The van der Waals surface area contributed by atoms with Crippen LogP contribution in [0.3, 0.4) is 0 Å².